The SMILES string of the molecule is CC(C)CC(NC(=O)P)C(=O)O. The summed E-state index contributed by atoms with van der Waals surface area (Å²) in [5.41, 5.74) is -0.386. The van der Waals surface area contributed by atoms with Crippen LogP contribution in [0.5, 0.6) is 0 Å². The maximum atomic E-state index is 10.5. The van der Waals surface area contributed by atoms with Crippen molar-refractivity contribution in [1.29, 1.82) is 0 Å². The monoisotopic (exact) mass is 191 g/mol. The number of amides is 1. The summed E-state index contributed by atoms with van der Waals surface area (Å²) in [7, 11) is 1.90. The molecule has 0 spiro atoms. The minimum atomic E-state index is -0.987. The molecular weight excluding hydrogens is 177 g/mol. The zero-order valence-electron chi connectivity index (χ0n) is 7.20. The van der Waals surface area contributed by atoms with Gasteiger partial charge in [0.1, 0.15) is 6.04 Å². The molecule has 5 heteroatoms. The van der Waals surface area contributed by atoms with Crippen LogP contribution in [0.3, 0.4) is 0 Å². The van der Waals surface area contributed by atoms with Gasteiger partial charge in [0.2, 0.25) is 5.65 Å². The van der Waals surface area contributed by atoms with Crippen LogP contribution >= 0.6 is 9.24 Å². The highest BCUT2D eigenvalue weighted by atomic mass is 31.0. The molecule has 0 aromatic heterocycles. The largest absolute Gasteiger partial charge is 0.480 e. The number of carbonyl (C=O) groups is 2. The number of hydrogen-bond acceptors (Lipinski definition) is 2. The van der Waals surface area contributed by atoms with Crippen LogP contribution in [0.1, 0.15) is 20.3 Å². The molecule has 2 N–H and O–H groups in total. The Bertz CT molecular complexity index is 181. The van der Waals surface area contributed by atoms with Crippen molar-refractivity contribution in [3.05, 3.63) is 0 Å². The van der Waals surface area contributed by atoms with Gasteiger partial charge in [-0.25, -0.2) is 4.79 Å². The van der Waals surface area contributed by atoms with E-state index < -0.39 is 12.0 Å². The molecule has 0 aliphatic carbocycles. The Morgan fingerprint density at radius 1 is 1.50 bits per heavy atom. The van der Waals surface area contributed by atoms with E-state index in [2.05, 4.69) is 5.32 Å². The van der Waals surface area contributed by atoms with Crippen molar-refractivity contribution in [2.24, 2.45) is 5.92 Å². The predicted molar refractivity (Wildman–Crippen MR) is 49.1 cm³/mol. The molecule has 2 atom stereocenters. The first-order valence-corrected chi connectivity index (χ1v) is 4.30. The van der Waals surface area contributed by atoms with Gasteiger partial charge >= 0.3 is 5.97 Å². The van der Waals surface area contributed by atoms with E-state index in [1.807, 2.05) is 23.1 Å². The number of carbonyl (C=O) groups excluding carboxylic acids is 1. The van der Waals surface area contributed by atoms with E-state index in [-0.39, 0.29) is 11.6 Å². The van der Waals surface area contributed by atoms with Crippen LogP contribution in [0, 0.1) is 5.92 Å². The summed E-state index contributed by atoms with van der Waals surface area (Å²) in [6, 6.07) is -0.769. The van der Waals surface area contributed by atoms with Gasteiger partial charge in [0, 0.05) is 0 Å². The third kappa shape index (κ3) is 5.08. The third-order valence-electron chi connectivity index (χ3n) is 1.32. The minimum Gasteiger partial charge on any atom is -0.480 e. The number of rotatable bonds is 4. The normalized spacial score (nSPS) is 12.7. The van der Waals surface area contributed by atoms with Crippen molar-refractivity contribution in [3.8, 4) is 0 Å². The molecule has 70 valence electrons. The Balaban J connectivity index is 4.04. The molecule has 0 saturated carbocycles. The van der Waals surface area contributed by atoms with Crippen molar-refractivity contribution in [1.82, 2.24) is 5.32 Å². The van der Waals surface area contributed by atoms with Crippen LogP contribution < -0.4 is 5.32 Å². The van der Waals surface area contributed by atoms with E-state index in [0.29, 0.717) is 6.42 Å². The minimum absolute atomic E-state index is 0.253. The smallest absolute Gasteiger partial charge is 0.326 e. The predicted octanol–water partition coefficient (Wildman–Crippen LogP) is 1.07. The van der Waals surface area contributed by atoms with E-state index >= 15 is 0 Å². The lowest BCUT2D eigenvalue weighted by Crippen LogP contribution is -2.38. The molecule has 0 rings (SSSR count). The first kappa shape index (κ1) is 11.4. The van der Waals surface area contributed by atoms with E-state index in [1.165, 1.54) is 0 Å². The van der Waals surface area contributed by atoms with Gasteiger partial charge in [-0.2, -0.15) is 0 Å². The summed E-state index contributed by atoms with van der Waals surface area (Å²) in [4.78, 5) is 21.1. The van der Waals surface area contributed by atoms with E-state index in [0.717, 1.165) is 0 Å². The van der Waals surface area contributed by atoms with Crippen LogP contribution in [0.2, 0.25) is 0 Å². The average molecular weight is 191 g/mol. The Morgan fingerprint density at radius 2 is 2.00 bits per heavy atom. The molecule has 0 aromatic rings. The molecule has 0 radical (unpaired) electrons. The summed E-state index contributed by atoms with van der Waals surface area (Å²) in [6.07, 6.45) is 0.454. The molecule has 2 unspecified atom stereocenters. The van der Waals surface area contributed by atoms with E-state index in [4.69, 9.17) is 5.11 Å². The zero-order valence-corrected chi connectivity index (χ0v) is 8.36. The third-order valence-corrected chi connectivity index (χ3v) is 1.49. The lowest BCUT2D eigenvalue weighted by atomic mass is 10.0. The van der Waals surface area contributed by atoms with Crippen molar-refractivity contribution in [2.45, 2.75) is 26.3 Å². The summed E-state index contributed by atoms with van der Waals surface area (Å²) in [5, 5.41) is 11.0. The number of nitrogens with one attached hydrogen (secondary N) is 1. The van der Waals surface area contributed by atoms with Gasteiger partial charge in [0.05, 0.1) is 0 Å². The Morgan fingerprint density at radius 3 is 2.25 bits per heavy atom. The fourth-order valence-corrected chi connectivity index (χ4v) is 1.07. The first-order chi connectivity index (χ1) is 5.43. The number of aliphatic carboxylic acids is 1. The van der Waals surface area contributed by atoms with Crippen molar-refractivity contribution >= 4 is 20.9 Å². The maximum Gasteiger partial charge on any atom is 0.326 e. The fraction of sp³-hybridized carbons (Fsp3) is 0.714. The second kappa shape index (κ2) is 5.09. The molecule has 12 heavy (non-hydrogen) atoms. The van der Waals surface area contributed by atoms with Gasteiger partial charge in [-0.15, -0.1) is 0 Å². The van der Waals surface area contributed by atoms with Gasteiger partial charge in [-0.3, -0.25) is 4.79 Å². The lowest BCUT2D eigenvalue weighted by Gasteiger charge is -2.14. The van der Waals surface area contributed by atoms with Crippen LogP contribution in [0.25, 0.3) is 0 Å². The van der Waals surface area contributed by atoms with E-state index in [9.17, 15) is 9.59 Å². The van der Waals surface area contributed by atoms with Crippen LogP contribution in [0.15, 0.2) is 0 Å². The highest BCUT2D eigenvalue weighted by Gasteiger charge is 2.18. The van der Waals surface area contributed by atoms with Gasteiger partial charge in [-0.1, -0.05) is 13.8 Å². The van der Waals surface area contributed by atoms with Crippen LogP contribution in [-0.2, 0) is 4.79 Å². The van der Waals surface area contributed by atoms with Crippen molar-refractivity contribution in [2.75, 3.05) is 0 Å². The zero-order chi connectivity index (χ0) is 9.72. The van der Waals surface area contributed by atoms with Gasteiger partial charge in [0.25, 0.3) is 0 Å². The summed E-state index contributed by atoms with van der Waals surface area (Å²) in [5.74, 6) is -0.734. The van der Waals surface area contributed by atoms with Gasteiger partial charge in [-0.05, 0) is 21.6 Å². The summed E-state index contributed by atoms with van der Waals surface area (Å²) < 4.78 is 0. The maximum absolute atomic E-state index is 10.5. The molecule has 0 heterocycles. The highest BCUT2D eigenvalue weighted by Crippen LogP contribution is 2.05. The molecular formula is C7H14NO3P. The average Bonchev–Trinajstić information content (AvgIpc) is 1.83. The molecule has 4 nitrogen and oxygen atoms in total. The van der Waals surface area contributed by atoms with Crippen LogP contribution in [-0.4, -0.2) is 22.8 Å². The standard InChI is InChI=1S/C7H14NO3P/c1-4(2)3-5(6(9)10)8-7(11)12/h4-5H,3,12H2,1-2H3,(H,8,11)(H,9,10). The molecule has 0 fully saturated rings. The molecule has 0 aliphatic heterocycles. The molecule has 0 aromatic carbocycles. The second-order valence-corrected chi connectivity index (χ2v) is 3.55. The molecule has 0 aliphatic rings. The number of carboxylic acids is 1. The lowest BCUT2D eigenvalue weighted by molar-refractivity contribution is -0.139. The van der Waals surface area contributed by atoms with Crippen LogP contribution in [0.4, 0.5) is 4.79 Å². The molecule has 1 amide bonds. The van der Waals surface area contributed by atoms with Crippen molar-refractivity contribution < 1.29 is 14.7 Å². The fourth-order valence-electron chi connectivity index (χ4n) is 0.865. The molecule has 0 saturated heterocycles. The first-order valence-electron chi connectivity index (χ1n) is 3.72. The van der Waals surface area contributed by atoms with Crippen molar-refractivity contribution in [3.63, 3.8) is 0 Å². The Hall–Kier alpha value is -0.630. The number of carboxylic acid groups (broad SMARTS) is 1. The van der Waals surface area contributed by atoms with E-state index in [1.54, 1.807) is 0 Å². The quantitative estimate of drug-likeness (QED) is 0.653. The summed E-state index contributed by atoms with van der Waals surface area (Å²) in [6.45, 7) is 3.82. The van der Waals surface area contributed by atoms with Gasteiger partial charge in [0.15, 0.2) is 0 Å². The topological polar surface area (TPSA) is 66.4 Å². The second-order valence-electron chi connectivity index (χ2n) is 3.03. The summed E-state index contributed by atoms with van der Waals surface area (Å²) >= 11 is 0. The molecule has 0 bridgehead atoms. The Labute approximate surface area is 73.9 Å². The Kier molecular flexibility index (Phi) is 4.83. The number of hydrogen-bond donors (Lipinski definition) is 2. The highest BCUT2D eigenvalue weighted by molar-refractivity contribution is 7.39. The van der Waals surface area contributed by atoms with Gasteiger partial charge < -0.3 is 10.4 Å².